The van der Waals surface area contributed by atoms with Crippen molar-refractivity contribution in [2.75, 3.05) is 5.32 Å². The predicted octanol–water partition coefficient (Wildman–Crippen LogP) is 4.50. The Bertz CT molecular complexity index is 714. The van der Waals surface area contributed by atoms with Gasteiger partial charge in [0.1, 0.15) is 0 Å². The van der Waals surface area contributed by atoms with Crippen LogP contribution in [0.4, 0.5) is 5.69 Å². The molecule has 0 spiro atoms. The standard InChI is InChI=1S/C13H9NOS3/c15-13(12-6-10(16)7-18-12)14-9-1-2-11-8(5-9)3-4-17-11/h1-7,16H,(H,14,15). The minimum Gasteiger partial charge on any atom is -0.321 e. The van der Waals surface area contributed by atoms with Crippen LogP contribution in [0.1, 0.15) is 9.67 Å². The van der Waals surface area contributed by atoms with Crippen LogP contribution in [0, 0.1) is 0 Å². The van der Waals surface area contributed by atoms with E-state index in [-0.39, 0.29) is 5.91 Å². The summed E-state index contributed by atoms with van der Waals surface area (Å²) in [6.45, 7) is 0. The van der Waals surface area contributed by atoms with E-state index < -0.39 is 0 Å². The minimum absolute atomic E-state index is 0.0881. The van der Waals surface area contributed by atoms with Crippen LogP contribution in [0.3, 0.4) is 0 Å². The monoisotopic (exact) mass is 291 g/mol. The van der Waals surface area contributed by atoms with E-state index >= 15 is 0 Å². The molecule has 5 heteroatoms. The van der Waals surface area contributed by atoms with Crippen molar-refractivity contribution >= 4 is 57.0 Å². The molecule has 0 atom stereocenters. The van der Waals surface area contributed by atoms with Gasteiger partial charge >= 0.3 is 0 Å². The zero-order valence-corrected chi connectivity index (χ0v) is 11.7. The Kier molecular flexibility index (Phi) is 3.11. The maximum absolute atomic E-state index is 12.0. The molecule has 0 fully saturated rings. The molecule has 0 unspecified atom stereocenters. The number of amides is 1. The number of benzene rings is 1. The van der Waals surface area contributed by atoms with E-state index in [1.807, 2.05) is 35.0 Å². The summed E-state index contributed by atoms with van der Waals surface area (Å²) in [5.41, 5.74) is 0.819. The van der Waals surface area contributed by atoms with Crippen molar-refractivity contribution in [1.82, 2.24) is 0 Å². The molecule has 0 radical (unpaired) electrons. The molecule has 2 aromatic heterocycles. The molecular weight excluding hydrogens is 282 g/mol. The summed E-state index contributed by atoms with van der Waals surface area (Å²) in [5, 5.41) is 7.94. The first-order valence-electron chi connectivity index (χ1n) is 5.28. The number of hydrogen-bond donors (Lipinski definition) is 2. The van der Waals surface area contributed by atoms with Crippen LogP contribution in [0.15, 0.2) is 46.0 Å². The van der Waals surface area contributed by atoms with E-state index in [2.05, 4.69) is 17.9 Å². The fourth-order valence-corrected chi connectivity index (χ4v) is 3.50. The fourth-order valence-electron chi connectivity index (χ4n) is 1.68. The molecule has 0 bridgehead atoms. The van der Waals surface area contributed by atoms with Gasteiger partial charge in [-0.3, -0.25) is 4.79 Å². The molecule has 1 N–H and O–H groups in total. The lowest BCUT2D eigenvalue weighted by Crippen LogP contribution is -2.09. The number of carbonyl (C=O) groups is 1. The highest BCUT2D eigenvalue weighted by Gasteiger charge is 2.08. The molecule has 3 aromatic rings. The normalized spacial score (nSPS) is 10.7. The molecule has 0 aliphatic rings. The average molecular weight is 291 g/mol. The molecule has 2 heterocycles. The van der Waals surface area contributed by atoms with Crippen LogP contribution in [0.2, 0.25) is 0 Å². The van der Waals surface area contributed by atoms with E-state index in [1.165, 1.54) is 16.0 Å². The van der Waals surface area contributed by atoms with E-state index in [1.54, 1.807) is 17.4 Å². The Morgan fingerprint density at radius 3 is 2.83 bits per heavy atom. The summed E-state index contributed by atoms with van der Waals surface area (Å²) >= 11 is 7.29. The summed E-state index contributed by atoms with van der Waals surface area (Å²) < 4.78 is 1.22. The number of hydrogen-bond acceptors (Lipinski definition) is 4. The highest BCUT2D eigenvalue weighted by molar-refractivity contribution is 7.80. The molecule has 18 heavy (non-hydrogen) atoms. The van der Waals surface area contributed by atoms with Gasteiger partial charge in [-0.25, -0.2) is 0 Å². The van der Waals surface area contributed by atoms with Gasteiger partial charge in [-0.2, -0.15) is 0 Å². The van der Waals surface area contributed by atoms with Gasteiger partial charge in [0.15, 0.2) is 0 Å². The van der Waals surface area contributed by atoms with Gasteiger partial charge in [-0.05, 0) is 41.1 Å². The lowest BCUT2D eigenvalue weighted by Gasteiger charge is -2.03. The van der Waals surface area contributed by atoms with Crippen LogP contribution in [0.5, 0.6) is 0 Å². The van der Waals surface area contributed by atoms with Crippen molar-refractivity contribution in [3.8, 4) is 0 Å². The predicted molar refractivity (Wildman–Crippen MR) is 81.3 cm³/mol. The molecular formula is C13H9NOS3. The fraction of sp³-hybridized carbons (Fsp3) is 0. The molecule has 0 aliphatic carbocycles. The zero-order chi connectivity index (χ0) is 12.5. The van der Waals surface area contributed by atoms with E-state index in [4.69, 9.17) is 0 Å². The Morgan fingerprint density at radius 2 is 2.06 bits per heavy atom. The number of thiol groups is 1. The molecule has 90 valence electrons. The van der Waals surface area contributed by atoms with Crippen molar-refractivity contribution in [3.05, 3.63) is 46.0 Å². The summed E-state index contributed by atoms with van der Waals surface area (Å²) in [6.07, 6.45) is 0. The molecule has 1 amide bonds. The van der Waals surface area contributed by atoms with E-state index in [0.717, 1.165) is 16.0 Å². The van der Waals surface area contributed by atoms with Gasteiger partial charge in [-0.1, -0.05) is 0 Å². The molecule has 1 aromatic carbocycles. The van der Waals surface area contributed by atoms with Crippen LogP contribution in [-0.4, -0.2) is 5.91 Å². The average Bonchev–Trinajstić information content (AvgIpc) is 2.96. The van der Waals surface area contributed by atoms with Crippen molar-refractivity contribution < 1.29 is 4.79 Å². The molecule has 0 saturated carbocycles. The molecule has 2 nitrogen and oxygen atoms in total. The van der Waals surface area contributed by atoms with Gasteiger partial charge in [0.2, 0.25) is 0 Å². The van der Waals surface area contributed by atoms with Gasteiger partial charge in [0.05, 0.1) is 4.88 Å². The maximum atomic E-state index is 12.0. The smallest absolute Gasteiger partial charge is 0.265 e. The van der Waals surface area contributed by atoms with E-state index in [9.17, 15) is 4.79 Å². The van der Waals surface area contributed by atoms with Crippen LogP contribution in [0.25, 0.3) is 10.1 Å². The summed E-state index contributed by atoms with van der Waals surface area (Å²) in [6, 6.07) is 9.75. The van der Waals surface area contributed by atoms with Crippen LogP contribution in [-0.2, 0) is 0 Å². The molecule has 0 saturated heterocycles. The maximum Gasteiger partial charge on any atom is 0.265 e. The Balaban J connectivity index is 1.85. The van der Waals surface area contributed by atoms with Crippen LogP contribution < -0.4 is 5.32 Å². The number of anilines is 1. The van der Waals surface area contributed by atoms with Gasteiger partial charge in [-0.15, -0.1) is 35.3 Å². The first-order chi connectivity index (χ1) is 8.72. The molecule has 3 rings (SSSR count). The van der Waals surface area contributed by atoms with Crippen molar-refractivity contribution in [2.45, 2.75) is 4.90 Å². The second-order valence-electron chi connectivity index (χ2n) is 3.80. The topological polar surface area (TPSA) is 29.1 Å². The number of nitrogens with one attached hydrogen (secondary N) is 1. The summed E-state index contributed by atoms with van der Waals surface area (Å²) in [5.74, 6) is -0.0881. The first-order valence-corrected chi connectivity index (χ1v) is 7.49. The molecule has 0 aliphatic heterocycles. The second kappa shape index (κ2) is 4.76. The first kappa shape index (κ1) is 11.8. The number of carbonyl (C=O) groups excluding carboxylic acids is 1. The SMILES string of the molecule is O=C(Nc1ccc2sccc2c1)c1cc(S)cs1. The Labute approximate surface area is 118 Å². The van der Waals surface area contributed by atoms with Gasteiger partial charge < -0.3 is 5.32 Å². The van der Waals surface area contributed by atoms with Gasteiger partial charge in [0, 0.05) is 20.7 Å². The quantitative estimate of drug-likeness (QED) is 0.669. The van der Waals surface area contributed by atoms with Crippen molar-refractivity contribution in [2.24, 2.45) is 0 Å². The lowest BCUT2D eigenvalue weighted by atomic mass is 10.2. The second-order valence-corrected chi connectivity index (χ2v) is 6.17. The summed E-state index contributed by atoms with van der Waals surface area (Å²) in [7, 11) is 0. The highest BCUT2D eigenvalue weighted by Crippen LogP contribution is 2.25. The van der Waals surface area contributed by atoms with E-state index in [0.29, 0.717) is 4.88 Å². The van der Waals surface area contributed by atoms with Crippen molar-refractivity contribution in [1.29, 1.82) is 0 Å². The third kappa shape index (κ3) is 2.29. The number of rotatable bonds is 2. The van der Waals surface area contributed by atoms with Crippen LogP contribution >= 0.6 is 35.3 Å². The zero-order valence-electron chi connectivity index (χ0n) is 9.21. The number of thiophene rings is 2. The minimum atomic E-state index is -0.0881. The Morgan fingerprint density at radius 1 is 1.17 bits per heavy atom. The van der Waals surface area contributed by atoms with Crippen molar-refractivity contribution in [3.63, 3.8) is 0 Å². The third-order valence-corrected chi connectivity index (χ3v) is 4.78. The summed E-state index contributed by atoms with van der Waals surface area (Å²) in [4.78, 5) is 13.5. The highest BCUT2D eigenvalue weighted by atomic mass is 32.1. The number of fused-ring (bicyclic) bond motifs is 1. The van der Waals surface area contributed by atoms with Gasteiger partial charge in [0.25, 0.3) is 5.91 Å². The Hall–Kier alpha value is -1.30. The third-order valence-electron chi connectivity index (χ3n) is 2.52. The lowest BCUT2D eigenvalue weighted by molar-refractivity contribution is 0.103. The largest absolute Gasteiger partial charge is 0.321 e.